The number of carbonyl (C=O) groups is 3. The Morgan fingerprint density at radius 3 is 2.37 bits per heavy atom. The van der Waals surface area contributed by atoms with Gasteiger partial charge in [0.15, 0.2) is 0 Å². The lowest BCUT2D eigenvalue weighted by Gasteiger charge is -2.18. The van der Waals surface area contributed by atoms with Crippen LogP contribution in [0.4, 0.5) is 11.5 Å². The molecule has 3 amide bonds. The number of rotatable bonds is 7. The molecule has 0 radical (unpaired) electrons. The first-order chi connectivity index (χ1) is 19.5. The molecule has 0 saturated carbocycles. The Kier molecular flexibility index (Phi) is 10.1. The molecule has 0 bridgehead atoms. The third-order valence-corrected chi connectivity index (χ3v) is 8.60. The summed E-state index contributed by atoms with van der Waals surface area (Å²) in [6.07, 6.45) is 3.76. The van der Waals surface area contributed by atoms with Gasteiger partial charge in [0.1, 0.15) is 5.82 Å². The van der Waals surface area contributed by atoms with E-state index in [1.807, 2.05) is 11.9 Å². The van der Waals surface area contributed by atoms with E-state index in [9.17, 15) is 18.6 Å². The molecule has 1 aliphatic rings. The highest BCUT2D eigenvalue weighted by Crippen LogP contribution is 2.23. The van der Waals surface area contributed by atoms with Crippen molar-refractivity contribution in [1.82, 2.24) is 14.8 Å². The molecule has 3 aromatic rings. The van der Waals surface area contributed by atoms with E-state index in [1.54, 1.807) is 18.2 Å². The molecule has 13 heteroatoms. The normalized spacial score (nSPS) is 15.8. The van der Waals surface area contributed by atoms with Gasteiger partial charge in [-0.05, 0) is 81.2 Å². The van der Waals surface area contributed by atoms with Gasteiger partial charge >= 0.3 is 0 Å². The molecular weight excluding hydrogens is 587 g/mol. The summed E-state index contributed by atoms with van der Waals surface area (Å²) in [5, 5.41) is 6.09. The molecule has 0 spiro atoms. The standard InChI is InChI=1S/C28H30Cl2N6O4S/c1-35-12-3-13-36(15-14-35)18-26(37)34-41(2,40)22-8-4-19(5-9-22)27(38)32-24-10-6-20(29)16-23(24)28(39)33-25-11-7-21(30)17-31-25/h4-11,16-17H,3,12-15,18H2,1-2H3,(H,32,38)(H,31,33,39). The van der Waals surface area contributed by atoms with E-state index in [0.29, 0.717) is 14.9 Å². The first kappa shape index (κ1) is 30.6. The molecule has 2 heterocycles. The van der Waals surface area contributed by atoms with E-state index < -0.39 is 27.5 Å². The summed E-state index contributed by atoms with van der Waals surface area (Å²) in [5.41, 5.74) is 0.614. The molecule has 216 valence electrons. The predicted octanol–water partition coefficient (Wildman–Crippen LogP) is 4.51. The summed E-state index contributed by atoms with van der Waals surface area (Å²) < 4.78 is 17.3. The fraction of sp³-hybridized carbons (Fsp3) is 0.286. The Morgan fingerprint density at radius 2 is 1.66 bits per heavy atom. The van der Waals surface area contributed by atoms with Gasteiger partial charge in [-0.3, -0.25) is 19.3 Å². The van der Waals surface area contributed by atoms with Crippen LogP contribution in [0.1, 0.15) is 27.1 Å². The van der Waals surface area contributed by atoms with Crippen LogP contribution in [-0.2, 0) is 14.5 Å². The predicted molar refractivity (Wildman–Crippen MR) is 161 cm³/mol. The summed E-state index contributed by atoms with van der Waals surface area (Å²) in [7, 11) is -0.966. The molecule has 1 aliphatic heterocycles. The number of anilines is 2. The van der Waals surface area contributed by atoms with Crippen LogP contribution in [0, 0.1) is 0 Å². The van der Waals surface area contributed by atoms with Gasteiger partial charge in [-0.15, -0.1) is 0 Å². The van der Waals surface area contributed by atoms with Crippen molar-refractivity contribution in [2.75, 3.05) is 56.7 Å². The number of halogens is 2. The highest BCUT2D eigenvalue weighted by Gasteiger charge is 2.19. The lowest BCUT2D eigenvalue weighted by molar-refractivity contribution is -0.118. The summed E-state index contributed by atoms with van der Waals surface area (Å²) in [4.78, 5) is 47.2. The van der Waals surface area contributed by atoms with Crippen molar-refractivity contribution in [3.63, 3.8) is 0 Å². The molecule has 0 aliphatic carbocycles. The first-order valence-corrected chi connectivity index (χ1v) is 15.5. The van der Waals surface area contributed by atoms with Crippen LogP contribution >= 0.6 is 23.2 Å². The van der Waals surface area contributed by atoms with E-state index in [-0.39, 0.29) is 29.2 Å². The molecule has 1 saturated heterocycles. The lowest BCUT2D eigenvalue weighted by atomic mass is 10.1. The Morgan fingerprint density at radius 1 is 0.927 bits per heavy atom. The zero-order valence-corrected chi connectivity index (χ0v) is 24.9. The van der Waals surface area contributed by atoms with Crippen LogP contribution < -0.4 is 10.6 Å². The van der Waals surface area contributed by atoms with Gasteiger partial charge in [-0.1, -0.05) is 23.2 Å². The van der Waals surface area contributed by atoms with Gasteiger partial charge in [0.05, 0.1) is 32.5 Å². The molecule has 41 heavy (non-hydrogen) atoms. The molecule has 1 aromatic heterocycles. The summed E-state index contributed by atoms with van der Waals surface area (Å²) in [5.74, 6) is -1.19. The van der Waals surface area contributed by atoms with Crippen molar-refractivity contribution < 1.29 is 18.6 Å². The van der Waals surface area contributed by atoms with E-state index in [0.717, 1.165) is 32.6 Å². The number of carbonyl (C=O) groups excluding carboxylic acids is 3. The molecule has 1 fully saturated rings. The van der Waals surface area contributed by atoms with Gasteiger partial charge in [0.25, 0.3) is 17.7 Å². The number of nitrogens with one attached hydrogen (secondary N) is 2. The van der Waals surface area contributed by atoms with Crippen LogP contribution in [0.2, 0.25) is 10.0 Å². The average Bonchev–Trinajstić information content (AvgIpc) is 3.14. The second-order valence-corrected chi connectivity index (χ2v) is 12.8. The number of benzene rings is 2. The van der Waals surface area contributed by atoms with Gasteiger partial charge in [0, 0.05) is 41.0 Å². The highest BCUT2D eigenvalue weighted by atomic mass is 35.5. The highest BCUT2D eigenvalue weighted by molar-refractivity contribution is 7.93. The van der Waals surface area contributed by atoms with Crippen LogP contribution in [0.25, 0.3) is 0 Å². The molecule has 2 aromatic carbocycles. The minimum absolute atomic E-state index is 0.115. The van der Waals surface area contributed by atoms with Crippen LogP contribution in [0.5, 0.6) is 0 Å². The molecule has 2 N–H and O–H groups in total. The summed E-state index contributed by atoms with van der Waals surface area (Å²) in [6, 6.07) is 13.6. The Bertz CT molecular complexity index is 1560. The fourth-order valence-electron chi connectivity index (χ4n) is 4.23. The zero-order chi connectivity index (χ0) is 29.6. The molecule has 10 nitrogen and oxygen atoms in total. The Hall–Kier alpha value is -3.35. The smallest absolute Gasteiger partial charge is 0.268 e. The third kappa shape index (κ3) is 8.57. The number of nitrogens with zero attached hydrogens (tertiary/aromatic N) is 4. The first-order valence-electron chi connectivity index (χ1n) is 12.8. The molecular formula is C28H30Cl2N6O4S. The minimum Gasteiger partial charge on any atom is -0.321 e. The fourth-order valence-corrected chi connectivity index (χ4v) is 5.70. The maximum Gasteiger partial charge on any atom is 0.268 e. The topological polar surface area (TPSA) is 124 Å². The number of aromatic nitrogens is 1. The quantitative estimate of drug-likeness (QED) is 0.400. The van der Waals surface area contributed by atoms with Crippen molar-refractivity contribution in [3.05, 3.63) is 82.0 Å². The maximum absolute atomic E-state index is 13.3. The van der Waals surface area contributed by atoms with Crippen molar-refractivity contribution in [2.45, 2.75) is 11.3 Å². The number of likely N-dealkylation sites (N-methyl/N-ethyl adjacent to an activating group) is 1. The van der Waals surface area contributed by atoms with Crippen LogP contribution in [-0.4, -0.2) is 82.7 Å². The van der Waals surface area contributed by atoms with Crippen molar-refractivity contribution in [1.29, 1.82) is 0 Å². The van der Waals surface area contributed by atoms with Crippen LogP contribution in [0.3, 0.4) is 0 Å². The van der Waals surface area contributed by atoms with Gasteiger partial charge in [0.2, 0.25) is 0 Å². The van der Waals surface area contributed by atoms with E-state index >= 15 is 0 Å². The van der Waals surface area contributed by atoms with E-state index in [2.05, 4.69) is 24.9 Å². The van der Waals surface area contributed by atoms with E-state index in [4.69, 9.17) is 23.2 Å². The van der Waals surface area contributed by atoms with Crippen molar-refractivity contribution in [3.8, 4) is 0 Å². The van der Waals surface area contributed by atoms with E-state index in [1.165, 1.54) is 48.9 Å². The monoisotopic (exact) mass is 616 g/mol. The van der Waals surface area contributed by atoms with Gasteiger partial charge in [-0.25, -0.2) is 9.19 Å². The number of hydrogen-bond donors (Lipinski definition) is 2. The summed E-state index contributed by atoms with van der Waals surface area (Å²) >= 11 is 12.0. The van der Waals surface area contributed by atoms with Crippen molar-refractivity contribution >= 4 is 62.2 Å². The molecule has 1 atom stereocenters. The second kappa shape index (κ2) is 13.5. The molecule has 4 rings (SSSR count). The third-order valence-electron chi connectivity index (χ3n) is 6.44. The average molecular weight is 618 g/mol. The largest absolute Gasteiger partial charge is 0.321 e. The second-order valence-electron chi connectivity index (χ2n) is 9.70. The Labute approximate surface area is 249 Å². The molecule has 1 unspecified atom stereocenters. The minimum atomic E-state index is -3.01. The zero-order valence-electron chi connectivity index (χ0n) is 22.6. The number of pyridine rings is 1. The number of hydrogen-bond acceptors (Lipinski definition) is 7. The lowest BCUT2D eigenvalue weighted by Crippen LogP contribution is -2.33. The SMILES string of the molecule is CN1CCCN(CC(=O)N=S(C)(=O)c2ccc(C(=O)Nc3ccc(Cl)cc3C(=O)Nc3ccc(Cl)cn3)cc2)CC1. The van der Waals surface area contributed by atoms with Crippen LogP contribution in [0.15, 0.2) is 70.1 Å². The van der Waals surface area contributed by atoms with Gasteiger partial charge in [-0.2, -0.15) is 4.36 Å². The number of amides is 3. The maximum atomic E-state index is 13.3. The summed E-state index contributed by atoms with van der Waals surface area (Å²) in [6.45, 7) is 3.49. The Balaban J connectivity index is 1.44. The van der Waals surface area contributed by atoms with Gasteiger partial charge < -0.3 is 15.5 Å². The van der Waals surface area contributed by atoms with Crippen molar-refractivity contribution in [2.24, 2.45) is 4.36 Å².